The SMILES string of the molecule is Cc1ccc(NC(=O)C2=C(O)C(CC3CCCCC3)NC2=O)c(CS(N)(=O)=O)c1. The summed E-state index contributed by atoms with van der Waals surface area (Å²) in [6, 6.07) is 4.30. The van der Waals surface area contributed by atoms with Crippen LogP contribution in [0.2, 0.25) is 0 Å². The van der Waals surface area contributed by atoms with Crippen LogP contribution in [0.3, 0.4) is 0 Å². The van der Waals surface area contributed by atoms with Gasteiger partial charge in [-0.2, -0.15) is 0 Å². The maximum Gasteiger partial charge on any atom is 0.264 e. The van der Waals surface area contributed by atoms with Gasteiger partial charge in [0.15, 0.2) is 0 Å². The summed E-state index contributed by atoms with van der Waals surface area (Å²) in [6.07, 6.45) is 6.21. The zero-order valence-corrected chi connectivity index (χ0v) is 17.2. The zero-order chi connectivity index (χ0) is 21.2. The van der Waals surface area contributed by atoms with Crippen LogP contribution in [0.15, 0.2) is 29.5 Å². The van der Waals surface area contributed by atoms with Gasteiger partial charge < -0.3 is 15.7 Å². The second-order valence-corrected chi connectivity index (χ2v) is 9.56. The molecule has 29 heavy (non-hydrogen) atoms. The number of amides is 2. The van der Waals surface area contributed by atoms with Crippen molar-refractivity contribution in [1.29, 1.82) is 0 Å². The van der Waals surface area contributed by atoms with Gasteiger partial charge in [0.25, 0.3) is 11.8 Å². The number of primary sulfonamides is 1. The summed E-state index contributed by atoms with van der Waals surface area (Å²) in [6.45, 7) is 1.78. The van der Waals surface area contributed by atoms with Gasteiger partial charge in [-0.25, -0.2) is 13.6 Å². The lowest BCUT2D eigenvalue weighted by atomic mass is 9.84. The summed E-state index contributed by atoms with van der Waals surface area (Å²) >= 11 is 0. The number of hydrogen-bond acceptors (Lipinski definition) is 5. The van der Waals surface area contributed by atoms with Crippen LogP contribution in [0, 0.1) is 12.8 Å². The molecule has 1 aliphatic heterocycles. The average molecular weight is 422 g/mol. The van der Waals surface area contributed by atoms with Gasteiger partial charge >= 0.3 is 0 Å². The number of aliphatic hydroxyl groups excluding tert-OH is 1. The van der Waals surface area contributed by atoms with Crippen molar-refractivity contribution in [3.8, 4) is 0 Å². The standard InChI is InChI=1S/C20H27N3O5S/c1-12-7-8-15(14(9-12)11-29(21,27)28)22-19(25)17-18(24)16(23-20(17)26)10-13-5-3-2-4-6-13/h7-9,13,16,24H,2-6,10-11H2,1H3,(H,22,25)(H,23,26)(H2,21,27,28). The molecule has 0 radical (unpaired) electrons. The molecular formula is C20H27N3O5S. The van der Waals surface area contributed by atoms with Gasteiger partial charge in [0.1, 0.15) is 11.3 Å². The molecule has 2 amide bonds. The number of sulfonamides is 1. The molecule has 1 atom stereocenters. The summed E-state index contributed by atoms with van der Waals surface area (Å²) < 4.78 is 23.0. The fourth-order valence-electron chi connectivity index (χ4n) is 4.10. The van der Waals surface area contributed by atoms with E-state index in [4.69, 9.17) is 5.14 Å². The highest BCUT2D eigenvalue weighted by molar-refractivity contribution is 7.88. The first kappa shape index (κ1) is 21.3. The molecule has 0 saturated heterocycles. The molecule has 1 aromatic carbocycles. The number of nitrogens with one attached hydrogen (secondary N) is 2. The van der Waals surface area contributed by atoms with Crippen LogP contribution in [0.25, 0.3) is 0 Å². The molecule has 0 bridgehead atoms. The van der Waals surface area contributed by atoms with E-state index >= 15 is 0 Å². The predicted octanol–water partition coefficient (Wildman–Crippen LogP) is 2.00. The Morgan fingerprint density at radius 1 is 1.28 bits per heavy atom. The van der Waals surface area contributed by atoms with Crippen LogP contribution in [-0.2, 0) is 25.4 Å². The smallest absolute Gasteiger partial charge is 0.264 e. The number of carbonyl (C=O) groups excluding carboxylic acids is 2. The number of anilines is 1. The van der Waals surface area contributed by atoms with Gasteiger partial charge in [0.2, 0.25) is 10.0 Å². The van der Waals surface area contributed by atoms with Crippen molar-refractivity contribution in [2.75, 3.05) is 5.32 Å². The minimum absolute atomic E-state index is 0.235. The molecule has 1 fully saturated rings. The summed E-state index contributed by atoms with van der Waals surface area (Å²) in [5.41, 5.74) is 1.03. The van der Waals surface area contributed by atoms with Gasteiger partial charge in [0.05, 0.1) is 11.8 Å². The highest BCUT2D eigenvalue weighted by Gasteiger charge is 2.37. The van der Waals surface area contributed by atoms with Crippen LogP contribution in [0.1, 0.15) is 49.7 Å². The third kappa shape index (κ3) is 5.36. The quantitative estimate of drug-likeness (QED) is 0.520. The number of carbonyl (C=O) groups is 2. The third-order valence-electron chi connectivity index (χ3n) is 5.51. The Labute approximate surface area is 170 Å². The number of aliphatic hydroxyl groups is 1. The van der Waals surface area contributed by atoms with E-state index < -0.39 is 33.6 Å². The van der Waals surface area contributed by atoms with Crippen molar-refractivity contribution < 1.29 is 23.1 Å². The first-order valence-corrected chi connectivity index (χ1v) is 11.5. The van der Waals surface area contributed by atoms with Crippen LogP contribution in [-0.4, -0.2) is 31.4 Å². The van der Waals surface area contributed by atoms with Gasteiger partial charge in [-0.1, -0.05) is 49.8 Å². The van der Waals surface area contributed by atoms with Crippen LogP contribution in [0.5, 0.6) is 0 Å². The monoisotopic (exact) mass is 421 g/mol. The van der Waals surface area contributed by atoms with Crippen molar-refractivity contribution in [2.45, 2.75) is 57.2 Å². The maximum atomic E-state index is 12.7. The lowest BCUT2D eigenvalue weighted by Crippen LogP contribution is -2.32. The Balaban J connectivity index is 1.78. The van der Waals surface area contributed by atoms with Crippen LogP contribution < -0.4 is 15.8 Å². The zero-order valence-electron chi connectivity index (χ0n) is 16.4. The number of aryl methyl sites for hydroxylation is 1. The molecular weight excluding hydrogens is 394 g/mol. The van der Waals surface area contributed by atoms with E-state index in [-0.39, 0.29) is 17.0 Å². The van der Waals surface area contributed by atoms with E-state index in [1.165, 1.54) is 6.42 Å². The Morgan fingerprint density at radius 2 is 1.97 bits per heavy atom. The Bertz CT molecular complexity index is 949. The second-order valence-electron chi connectivity index (χ2n) is 7.95. The van der Waals surface area contributed by atoms with Gasteiger partial charge in [0, 0.05) is 5.69 Å². The lowest BCUT2D eigenvalue weighted by molar-refractivity contribution is -0.120. The third-order valence-corrected chi connectivity index (χ3v) is 6.22. The maximum absolute atomic E-state index is 12.7. The molecule has 1 aliphatic carbocycles. The van der Waals surface area contributed by atoms with Gasteiger partial charge in [-0.15, -0.1) is 0 Å². The van der Waals surface area contributed by atoms with Crippen LogP contribution >= 0.6 is 0 Å². The van der Waals surface area contributed by atoms with E-state index in [1.54, 1.807) is 25.1 Å². The molecule has 1 unspecified atom stereocenters. The topological polar surface area (TPSA) is 139 Å². The first-order chi connectivity index (χ1) is 13.6. The lowest BCUT2D eigenvalue weighted by Gasteiger charge is -2.24. The number of nitrogens with two attached hydrogens (primary N) is 1. The summed E-state index contributed by atoms with van der Waals surface area (Å²) in [4.78, 5) is 25.0. The molecule has 3 rings (SSSR count). The van der Waals surface area contributed by atoms with E-state index in [0.717, 1.165) is 31.2 Å². The van der Waals surface area contributed by atoms with Crippen molar-refractivity contribution in [1.82, 2.24) is 5.32 Å². The fourth-order valence-corrected chi connectivity index (χ4v) is 4.77. The second kappa shape index (κ2) is 8.54. The molecule has 1 saturated carbocycles. The summed E-state index contributed by atoms with van der Waals surface area (Å²) in [5, 5.41) is 20.9. The molecule has 5 N–H and O–H groups in total. The van der Waals surface area contributed by atoms with Crippen LogP contribution in [0.4, 0.5) is 5.69 Å². The highest BCUT2D eigenvalue weighted by atomic mass is 32.2. The van der Waals surface area contributed by atoms with Crippen molar-refractivity contribution >= 4 is 27.5 Å². The van der Waals surface area contributed by atoms with E-state index in [2.05, 4.69) is 10.6 Å². The first-order valence-electron chi connectivity index (χ1n) is 9.79. The molecule has 158 valence electrons. The number of rotatable bonds is 6. The number of hydrogen-bond donors (Lipinski definition) is 4. The minimum Gasteiger partial charge on any atom is -0.509 e. The fraction of sp³-hybridized carbons (Fsp3) is 0.500. The van der Waals surface area contributed by atoms with Gasteiger partial charge in [-0.05, 0) is 30.9 Å². The molecule has 9 heteroatoms. The van der Waals surface area contributed by atoms with Crippen molar-refractivity contribution in [3.05, 3.63) is 40.7 Å². The summed E-state index contributed by atoms with van der Waals surface area (Å²) in [7, 11) is -3.81. The average Bonchev–Trinajstić information content (AvgIpc) is 2.90. The number of benzene rings is 1. The van der Waals surface area contributed by atoms with Gasteiger partial charge in [-0.3, -0.25) is 9.59 Å². The predicted molar refractivity (Wildman–Crippen MR) is 109 cm³/mol. The largest absolute Gasteiger partial charge is 0.509 e. The van der Waals surface area contributed by atoms with Crippen molar-refractivity contribution in [2.24, 2.45) is 11.1 Å². The molecule has 1 aromatic rings. The van der Waals surface area contributed by atoms with Crippen molar-refractivity contribution in [3.63, 3.8) is 0 Å². The Morgan fingerprint density at radius 3 is 2.62 bits per heavy atom. The van der Waals surface area contributed by atoms with E-state index in [1.807, 2.05) is 0 Å². The molecule has 8 nitrogen and oxygen atoms in total. The Hall–Kier alpha value is -2.39. The van der Waals surface area contributed by atoms with E-state index in [9.17, 15) is 23.1 Å². The molecule has 2 aliphatic rings. The normalized spacial score (nSPS) is 20.6. The molecule has 0 aromatic heterocycles. The van der Waals surface area contributed by atoms with E-state index in [0.29, 0.717) is 17.9 Å². The molecule has 1 heterocycles. The highest BCUT2D eigenvalue weighted by Crippen LogP contribution is 2.31. The Kier molecular flexibility index (Phi) is 6.28. The molecule has 0 spiro atoms. The minimum atomic E-state index is -3.81. The summed E-state index contributed by atoms with van der Waals surface area (Å²) in [5.74, 6) is -1.69.